The molecule has 0 fully saturated rings. The topological polar surface area (TPSA) is 72.7 Å². The highest BCUT2D eigenvalue weighted by atomic mass is 79.9. The van der Waals surface area contributed by atoms with Gasteiger partial charge < -0.3 is 10.1 Å². The number of benzene rings is 2. The average molecular weight is 498 g/mol. The van der Waals surface area contributed by atoms with Gasteiger partial charge in [-0.05, 0) is 43.7 Å². The van der Waals surface area contributed by atoms with Crippen LogP contribution in [0.15, 0.2) is 80.1 Å². The Bertz CT molecular complexity index is 1330. The van der Waals surface area contributed by atoms with E-state index in [0.717, 1.165) is 15.7 Å². The van der Waals surface area contributed by atoms with Gasteiger partial charge in [-0.25, -0.2) is 9.79 Å². The molecule has 2 aromatic carbocycles. The lowest BCUT2D eigenvalue weighted by molar-refractivity contribution is -0.139. The first-order valence-electron chi connectivity index (χ1n) is 9.74. The lowest BCUT2D eigenvalue weighted by Gasteiger charge is -2.24. The number of nitrogens with one attached hydrogen (secondary N) is 1. The lowest BCUT2D eigenvalue weighted by atomic mass is 9.96. The van der Waals surface area contributed by atoms with Crippen LogP contribution in [0.1, 0.15) is 25.5 Å². The summed E-state index contributed by atoms with van der Waals surface area (Å²) in [5.41, 5.74) is 2.41. The fraction of sp³-hybridized carbons (Fsp3) is 0.174. The maximum Gasteiger partial charge on any atom is 0.338 e. The van der Waals surface area contributed by atoms with Gasteiger partial charge in [0.1, 0.15) is 4.53 Å². The summed E-state index contributed by atoms with van der Waals surface area (Å²) >= 11 is 4.69. The molecule has 1 N–H and O–H groups in total. The Kier molecular flexibility index (Phi) is 6.20. The summed E-state index contributed by atoms with van der Waals surface area (Å²) in [7, 11) is 0. The third kappa shape index (κ3) is 4.26. The van der Waals surface area contributed by atoms with Crippen LogP contribution in [0.3, 0.4) is 0 Å². The lowest BCUT2D eigenvalue weighted by Crippen LogP contribution is -2.40. The third-order valence-corrected chi connectivity index (χ3v) is 6.36. The number of anilines is 1. The average Bonchev–Trinajstić information content (AvgIpc) is 3.08. The zero-order valence-corrected chi connectivity index (χ0v) is 19.4. The number of carbonyl (C=O) groups excluding carboxylic acids is 1. The van der Waals surface area contributed by atoms with Gasteiger partial charge in [0.2, 0.25) is 0 Å². The Hall–Kier alpha value is -2.97. The summed E-state index contributed by atoms with van der Waals surface area (Å²) in [6.45, 7) is 3.78. The van der Waals surface area contributed by atoms with Gasteiger partial charge in [0, 0.05) is 16.4 Å². The molecule has 0 aliphatic carbocycles. The molecule has 31 heavy (non-hydrogen) atoms. The van der Waals surface area contributed by atoms with E-state index in [1.807, 2.05) is 54.6 Å². The predicted octanol–water partition coefficient (Wildman–Crippen LogP) is 3.58. The quantitative estimate of drug-likeness (QED) is 0.546. The number of rotatable bonds is 5. The van der Waals surface area contributed by atoms with Crippen molar-refractivity contribution in [2.75, 3.05) is 11.9 Å². The molecule has 1 atom stereocenters. The van der Waals surface area contributed by atoms with Crippen LogP contribution in [0, 0.1) is 0 Å². The molecule has 0 radical (unpaired) electrons. The van der Waals surface area contributed by atoms with Crippen molar-refractivity contribution < 1.29 is 9.53 Å². The SMILES string of the molecule is CCOC(=O)C1=C(C)N=c2s/c(=C\Nc3ccc(Br)cc3)c(=O)n2[C@H]1c1ccccc1. The van der Waals surface area contributed by atoms with Crippen molar-refractivity contribution in [1.29, 1.82) is 0 Å². The summed E-state index contributed by atoms with van der Waals surface area (Å²) < 4.78 is 8.34. The molecule has 2 heterocycles. The molecule has 158 valence electrons. The number of aromatic nitrogens is 1. The largest absolute Gasteiger partial charge is 0.463 e. The summed E-state index contributed by atoms with van der Waals surface area (Å²) in [6, 6.07) is 16.5. The molecule has 4 rings (SSSR count). The molecule has 0 saturated carbocycles. The Balaban J connectivity index is 1.84. The van der Waals surface area contributed by atoms with Gasteiger partial charge in [0.15, 0.2) is 4.80 Å². The van der Waals surface area contributed by atoms with E-state index in [1.165, 1.54) is 11.3 Å². The van der Waals surface area contributed by atoms with Crippen molar-refractivity contribution >= 4 is 45.1 Å². The normalized spacial score (nSPS) is 16.0. The number of hydrogen-bond acceptors (Lipinski definition) is 6. The second-order valence-electron chi connectivity index (χ2n) is 6.86. The van der Waals surface area contributed by atoms with E-state index in [0.29, 0.717) is 20.6 Å². The van der Waals surface area contributed by atoms with E-state index in [-0.39, 0.29) is 12.2 Å². The molecule has 8 heteroatoms. The Morgan fingerprint density at radius 3 is 2.61 bits per heavy atom. The molecular formula is C23H20BrN3O3S. The number of esters is 1. The molecule has 0 saturated heterocycles. The number of carbonyl (C=O) groups is 1. The van der Waals surface area contributed by atoms with Crippen LogP contribution in [-0.4, -0.2) is 17.1 Å². The number of halogens is 1. The van der Waals surface area contributed by atoms with Crippen molar-refractivity contribution in [3.05, 3.63) is 95.6 Å². The highest BCUT2D eigenvalue weighted by molar-refractivity contribution is 9.10. The molecule has 6 nitrogen and oxygen atoms in total. The van der Waals surface area contributed by atoms with Gasteiger partial charge in [0.25, 0.3) is 5.56 Å². The van der Waals surface area contributed by atoms with Crippen LogP contribution in [0.5, 0.6) is 0 Å². The van der Waals surface area contributed by atoms with E-state index in [9.17, 15) is 9.59 Å². The highest BCUT2D eigenvalue weighted by Gasteiger charge is 2.33. The van der Waals surface area contributed by atoms with Crippen LogP contribution in [-0.2, 0) is 9.53 Å². The Morgan fingerprint density at radius 2 is 1.94 bits per heavy atom. The number of nitrogens with zero attached hydrogens (tertiary/aromatic N) is 2. The first-order chi connectivity index (χ1) is 15.0. The zero-order chi connectivity index (χ0) is 22.0. The summed E-state index contributed by atoms with van der Waals surface area (Å²) in [4.78, 5) is 31.3. The predicted molar refractivity (Wildman–Crippen MR) is 126 cm³/mol. The molecule has 0 unspecified atom stereocenters. The molecule has 1 aromatic heterocycles. The molecule has 0 spiro atoms. The summed E-state index contributed by atoms with van der Waals surface area (Å²) in [6.07, 6.45) is 1.68. The molecule has 0 bridgehead atoms. The minimum atomic E-state index is -0.591. The second kappa shape index (κ2) is 9.03. The number of fused-ring (bicyclic) bond motifs is 1. The van der Waals surface area contributed by atoms with Gasteiger partial charge in [-0.1, -0.05) is 57.6 Å². The van der Waals surface area contributed by atoms with E-state index in [4.69, 9.17) is 4.74 Å². The van der Waals surface area contributed by atoms with Crippen LogP contribution < -0.4 is 20.2 Å². The molecule has 1 aliphatic heterocycles. The van der Waals surface area contributed by atoms with Gasteiger partial charge in [-0.3, -0.25) is 9.36 Å². The van der Waals surface area contributed by atoms with Gasteiger partial charge in [0.05, 0.1) is 23.9 Å². The first-order valence-corrected chi connectivity index (χ1v) is 11.4. The van der Waals surface area contributed by atoms with Crippen molar-refractivity contribution in [2.24, 2.45) is 4.99 Å². The number of hydrogen-bond donors (Lipinski definition) is 1. The van der Waals surface area contributed by atoms with Gasteiger partial charge in [-0.2, -0.15) is 0 Å². The maximum absolute atomic E-state index is 13.4. The monoisotopic (exact) mass is 497 g/mol. The number of thiazole rings is 1. The fourth-order valence-corrected chi connectivity index (χ4v) is 4.67. The fourth-order valence-electron chi connectivity index (χ4n) is 3.44. The zero-order valence-electron chi connectivity index (χ0n) is 17.0. The van der Waals surface area contributed by atoms with Gasteiger partial charge >= 0.3 is 5.97 Å². The second-order valence-corrected chi connectivity index (χ2v) is 8.79. The van der Waals surface area contributed by atoms with E-state index >= 15 is 0 Å². The minimum absolute atomic E-state index is 0.212. The van der Waals surface area contributed by atoms with E-state index < -0.39 is 12.0 Å². The Labute approximate surface area is 191 Å². The Morgan fingerprint density at radius 1 is 1.23 bits per heavy atom. The smallest absolute Gasteiger partial charge is 0.338 e. The van der Waals surface area contributed by atoms with Crippen LogP contribution in [0.4, 0.5) is 5.69 Å². The highest BCUT2D eigenvalue weighted by Crippen LogP contribution is 2.30. The van der Waals surface area contributed by atoms with Crippen molar-refractivity contribution in [1.82, 2.24) is 4.57 Å². The van der Waals surface area contributed by atoms with Crippen LogP contribution in [0.25, 0.3) is 6.20 Å². The van der Waals surface area contributed by atoms with Gasteiger partial charge in [-0.15, -0.1) is 0 Å². The molecule has 3 aromatic rings. The summed E-state index contributed by atoms with van der Waals surface area (Å²) in [5, 5.41) is 3.16. The minimum Gasteiger partial charge on any atom is -0.463 e. The van der Waals surface area contributed by atoms with E-state index in [2.05, 4.69) is 26.2 Å². The standard InChI is InChI=1S/C23H20BrN3O3S/c1-3-30-22(29)19-14(2)26-23-27(20(19)15-7-5-4-6-8-15)21(28)18(31-23)13-25-17-11-9-16(24)10-12-17/h4-13,20,25H,3H2,1-2H3/b18-13-/t20-/m0/s1. The van der Waals surface area contributed by atoms with Crippen molar-refractivity contribution in [2.45, 2.75) is 19.9 Å². The third-order valence-electron chi connectivity index (χ3n) is 4.85. The maximum atomic E-state index is 13.4. The summed E-state index contributed by atoms with van der Waals surface area (Å²) in [5.74, 6) is -0.458. The molecule has 0 amide bonds. The van der Waals surface area contributed by atoms with Crippen molar-refractivity contribution in [3.63, 3.8) is 0 Å². The molecule has 1 aliphatic rings. The van der Waals surface area contributed by atoms with Crippen LogP contribution >= 0.6 is 27.3 Å². The molecular weight excluding hydrogens is 478 g/mol. The number of ether oxygens (including phenoxy) is 1. The van der Waals surface area contributed by atoms with Crippen LogP contribution in [0.2, 0.25) is 0 Å². The number of allylic oxidation sites excluding steroid dienone is 1. The van der Waals surface area contributed by atoms with E-state index in [1.54, 1.807) is 24.6 Å². The first kappa shape index (κ1) is 21.3. The van der Waals surface area contributed by atoms with Crippen molar-refractivity contribution in [3.8, 4) is 0 Å².